The molecule has 0 N–H and O–H groups in total. The van der Waals surface area contributed by atoms with E-state index < -0.39 is 12.3 Å². The van der Waals surface area contributed by atoms with Gasteiger partial charge in [-0.05, 0) is 111 Å². The summed E-state index contributed by atoms with van der Waals surface area (Å²) in [5.74, 6) is 2.23. The number of rotatable bonds is 9. The second-order valence-corrected chi connectivity index (χ2v) is 10.9. The van der Waals surface area contributed by atoms with Gasteiger partial charge in [-0.1, -0.05) is 72.8 Å². The van der Waals surface area contributed by atoms with Crippen molar-refractivity contribution in [3.8, 4) is 0 Å². The molecule has 200 valence electrons. The highest BCUT2D eigenvalue weighted by Gasteiger charge is 2.43. The summed E-state index contributed by atoms with van der Waals surface area (Å²) in [6.07, 6.45) is 11.5. The second-order valence-electron chi connectivity index (χ2n) is 10.9. The molecule has 0 radical (unpaired) electrons. The van der Waals surface area contributed by atoms with Gasteiger partial charge in [-0.15, -0.1) is 0 Å². The van der Waals surface area contributed by atoms with E-state index in [-0.39, 0.29) is 12.2 Å². The van der Waals surface area contributed by atoms with Gasteiger partial charge in [-0.3, -0.25) is 0 Å². The average molecular weight is 511 g/mol. The third kappa shape index (κ3) is 7.37. The van der Waals surface area contributed by atoms with Crippen LogP contribution in [-0.2, 0) is 11.3 Å². The summed E-state index contributed by atoms with van der Waals surface area (Å²) in [6, 6.07) is 14.3. The van der Waals surface area contributed by atoms with Crippen LogP contribution in [0.5, 0.6) is 0 Å². The Hall–Kier alpha value is -2.33. The van der Waals surface area contributed by atoms with E-state index in [1.165, 1.54) is 30.5 Å². The van der Waals surface area contributed by atoms with Crippen molar-refractivity contribution in [2.24, 2.45) is 11.8 Å². The van der Waals surface area contributed by atoms with Gasteiger partial charge in [-0.25, -0.2) is 4.39 Å². The first-order chi connectivity index (χ1) is 17.9. The standard InChI is InChI=1S/C33H41F3O/c1-3-5-24-7-13-27(14-8-24)29-17-11-26(12-18-29)23-37-33(35,36)32(34)31-21-19-30(20-22-31)28-15-9-25(6-4-2)10-16-28/h3-6,11-12,17-22,24-25,27-28,32H,7-10,13-16,23H2,1-2H3. The van der Waals surface area contributed by atoms with Gasteiger partial charge in [0.15, 0.2) is 0 Å². The Kier molecular flexibility index (Phi) is 9.70. The van der Waals surface area contributed by atoms with Crippen molar-refractivity contribution < 1.29 is 17.9 Å². The predicted octanol–water partition coefficient (Wildman–Crippen LogP) is 10.2. The number of allylic oxidation sites excluding steroid dienone is 4. The summed E-state index contributed by atoms with van der Waals surface area (Å²) in [7, 11) is 0. The third-order valence-corrected chi connectivity index (χ3v) is 8.35. The first-order valence-electron chi connectivity index (χ1n) is 14.0. The van der Waals surface area contributed by atoms with Gasteiger partial charge in [-0.2, -0.15) is 8.78 Å². The van der Waals surface area contributed by atoms with E-state index in [4.69, 9.17) is 4.74 Å². The molecule has 2 saturated carbocycles. The molecular weight excluding hydrogens is 469 g/mol. The summed E-state index contributed by atoms with van der Waals surface area (Å²) in [5, 5.41) is 0. The number of halogens is 3. The molecule has 1 unspecified atom stereocenters. The van der Waals surface area contributed by atoms with Crippen LogP contribution in [0.2, 0.25) is 0 Å². The molecule has 2 fully saturated rings. The first kappa shape index (κ1) is 27.7. The maximum atomic E-state index is 14.8. The van der Waals surface area contributed by atoms with Gasteiger partial charge in [0.2, 0.25) is 6.17 Å². The fraction of sp³-hybridized carbons (Fsp3) is 0.515. The van der Waals surface area contributed by atoms with Crippen molar-refractivity contribution in [1.82, 2.24) is 0 Å². The highest BCUT2D eigenvalue weighted by molar-refractivity contribution is 5.28. The highest BCUT2D eigenvalue weighted by atomic mass is 19.3. The molecule has 0 bridgehead atoms. The molecule has 1 nitrogen and oxygen atoms in total. The number of alkyl halides is 3. The highest BCUT2D eigenvalue weighted by Crippen LogP contribution is 2.40. The van der Waals surface area contributed by atoms with E-state index >= 15 is 0 Å². The summed E-state index contributed by atoms with van der Waals surface area (Å²) >= 11 is 0. The molecule has 0 aliphatic heterocycles. The van der Waals surface area contributed by atoms with Crippen LogP contribution in [0.15, 0.2) is 72.8 Å². The van der Waals surface area contributed by atoms with Crippen LogP contribution in [0.25, 0.3) is 0 Å². The third-order valence-electron chi connectivity index (χ3n) is 8.35. The zero-order chi connectivity index (χ0) is 26.3. The summed E-state index contributed by atoms with van der Waals surface area (Å²) < 4.78 is 48.9. The van der Waals surface area contributed by atoms with Crippen molar-refractivity contribution in [3.63, 3.8) is 0 Å². The molecule has 2 aromatic rings. The molecule has 37 heavy (non-hydrogen) atoms. The van der Waals surface area contributed by atoms with Gasteiger partial charge in [0.25, 0.3) is 0 Å². The van der Waals surface area contributed by atoms with E-state index in [1.54, 1.807) is 0 Å². The normalized spacial score (nSPS) is 26.1. The minimum Gasteiger partial charge on any atom is -0.313 e. The van der Waals surface area contributed by atoms with Gasteiger partial charge in [0.05, 0.1) is 6.61 Å². The lowest BCUT2D eigenvalue weighted by Gasteiger charge is -2.27. The molecular formula is C33H41F3O. The van der Waals surface area contributed by atoms with Crippen LogP contribution in [0.4, 0.5) is 13.2 Å². The Morgan fingerprint density at radius 2 is 1.16 bits per heavy atom. The molecule has 2 aliphatic carbocycles. The Morgan fingerprint density at radius 3 is 1.59 bits per heavy atom. The van der Waals surface area contributed by atoms with Crippen molar-refractivity contribution in [1.29, 1.82) is 0 Å². The number of hydrogen-bond acceptors (Lipinski definition) is 1. The number of ether oxygens (including phenoxy) is 1. The molecule has 0 amide bonds. The van der Waals surface area contributed by atoms with Crippen LogP contribution < -0.4 is 0 Å². The Bertz CT molecular complexity index is 1010. The average Bonchev–Trinajstić information content (AvgIpc) is 2.93. The Labute approximate surface area is 220 Å². The summed E-state index contributed by atoms with van der Waals surface area (Å²) in [5.41, 5.74) is 2.94. The Morgan fingerprint density at radius 1 is 0.730 bits per heavy atom. The van der Waals surface area contributed by atoms with Gasteiger partial charge >= 0.3 is 6.11 Å². The van der Waals surface area contributed by atoms with E-state index in [1.807, 2.05) is 43.3 Å². The van der Waals surface area contributed by atoms with Gasteiger partial charge < -0.3 is 4.74 Å². The number of benzene rings is 2. The minimum absolute atomic E-state index is 0.0415. The van der Waals surface area contributed by atoms with E-state index in [0.717, 1.165) is 44.1 Å². The molecule has 0 aromatic heterocycles. The van der Waals surface area contributed by atoms with Gasteiger partial charge in [0, 0.05) is 0 Å². The minimum atomic E-state index is -3.89. The lowest BCUT2D eigenvalue weighted by molar-refractivity contribution is -0.282. The van der Waals surface area contributed by atoms with Crippen LogP contribution in [0.1, 0.15) is 105 Å². The Balaban J connectivity index is 1.28. The second kappa shape index (κ2) is 13.0. The number of hydrogen-bond donors (Lipinski definition) is 0. The lowest BCUT2D eigenvalue weighted by Crippen LogP contribution is -2.27. The van der Waals surface area contributed by atoms with Crippen molar-refractivity contribution in [2.75, 3.05) is 0 Å². The van der Waals surface area contributed by atoms with Crippen molar-refractivity contribution in [2.45, 2.75) is 95.9 Å². The molecule has 0 spiro atoms. The predicted molar refractivity (Wildman–Crippen MR) is 145 cm³/mol. The molecule has 4 rings (SSSR count). The molecule has 4 heteroatoms. The van der Waals surface area contributed by atoms with E-state index in [2.05, 4.69) is 31.2 Å². The van der Waals surface area contributed by atoms with E-state index in [9.17, 15) is 13.2 Å². The summed E-state index contributed by atoms with van der Waals surface area (Å²) in [6.45, 7) is 3.79. The molecule has 2 aromatic carbocycles. The van der Waals surface area contributed by atoms with Crippen LogP contribution in [-0.4, -0.2) is 6.11 Å². The van der Waals surface area contributed by atoms with Crippen molar-refractivity contribution >= 4 is 0 Å². The maximum absolute atomic E-state index is 14.8. The van der Waals surface area contributed by atoms with Crippen LogP contribution >= 0.6 is 0 Å². The van der Waals surface area contributed by atoms with Crippen molar-refractivity contribution in [3.05, 3.63) is 95.1 Å². The summed E-state index contributed by atoms with van der Waals surface area (Å²) in [4.78, 5) is 0. The topological polar surface area (TPSA) is 9.23 Å². The SMILES string of the molecule is CC=CC1CCC(c2ccc(COC(F)(F)C(F)c3ccc(C4CCC(C=CC)CC4)cc3)cc2)CC1. The van der Waals surface area contributed by atoms with Gasteiger partial charge in [0.1, 0.15) is 0 Å². The quantitative estimate of drug-likeness (QED) is 0.305. The van der Waals surface area contributed by atoms with Crippen LogP contribution in [0, 0.1) is 11.8 Å². The maximum Gasteiger partial charge on any atom is 0.391 e. The fourth-order valence-corrected chi connectivity index (χ4v) is 6.10. The largest absolute Gasteiger partial charge is 0.391 e. The molecule has 2 aliphatic rings. The zero-order valence-corrected chi connectivity index (χ0v) is 22.2. The van der Waals surface area contributed by atoms with E-state index in [0.29, 0.717) is 29.2 Å². The lowest BCUT2D eigenvalue weighted by atomic mass is 9.78. The fourth-order valence-electron chi connectivity index (χ4n) is 6.10. The first-order valence-corrected chi connectivity index (χ1v) is 14.0. The van der Waals surface area contributed by atoms with Crippen LogP contribution in [0.3, 0.4) is 0 Å². The molecule has 1 atom stereocenters. The molecule has 0 saturated heterocycles. The molecule has 0 heterocycles. The zero-order valence-electron chi connectivity index (χ0n) is 22.2. The monoisotopic (exact) mass is 510 g/mol. The smallest absolute Gasteiger partial charge is 0.313 e.